The lowest BCUT2D eigenvalue weighted by Crippen LogP contribution is -2.28. The van der Waals surface area contributed by atoms with E-state index in [1.165, 1.54) is 13.3 Å². The fourth-order valence-electron chi connectivity index (χ4n) is 4.28. The highest BCUT2D eigenvalue weighted by molar-refractivity contribution is 14.1. The second-order valence-electron chi connectivity index (χ2n) is 7.33. The summed E-state index contributed by atoms with van der Waals surface area (Å²) in [6, 6.07) is 3.64. The molecule has 0 unspecified atom stereocenters. The minimum atomic E-state index is -0.732. The number of nitrogens with zero attached hydrogens (tertiary/aromatic N) is 2. The lowest BCUT2D eigenvalue weighted by molar-refractivity contribution is -0.148. The summed E-state index contributed by atoms with van der Waals surface area (Å²) in [5.74, 6) is -0.479. The van der Waals surface area contributed by atoms with Crippen LogP contribution in [0, 0.1) is 30.8 Å². The third kappa shape index (κ3) is 3.60. The maximum absolute atomic E-state index is 12.7. The number of allylic oxidation sites excluding steroid dienone is 2. The highest BCUT2D eigenvalue weighted by atomic mass is 127. The Bertz CT molecular complexity index is 907. The topological polar surface area (TPSA) is 85.3 Å². The molecule has 2 aliphatic carbocycles. The average Bonchev–Trinajstić information content (AvgIpc) is 3.36. The maximum Gasteiger partial charge on any atom is 0.346 e. The zero-order valence-corrected chi connectivity index (χ0v) is 20.0. The second kappa shape index (κ2) is 7.97. The summed E-state index contributed by atoms with van der Waals surface area (Å²) in [7, 11) is 1.31. The molecule has 1 aliphatic heterocycles. The highest BCUT2D eigenvalue weighted by Crippen LogP contribution is 2.52. The number of hydrogen-bond donors (Lipinski definition) is 0. The monoisotopic (exact) mass is 620 g/mol. The van der Waals surface area contributed by atoms with Crippen LogP contribution in [-0.2, 0) is 19.1 Å². The lowest BCUT2D eigenvalue weighted by Gasteiger charge is -2.16. The highest BCUT2D eigenvalue weighted by Gasteiger charge is 2.59. The van der Waals surface area contributed by atoms with E-state index in [9.17, 15) is 14.4 Å². The first-order chi connectivity index (χ1) is 13.8. The Balaban J connectivity index is 1.52. The first-order valence-corrected chi connectivity index (χ1v) is 11.3. The molecule has 7 nitrogen and oxygen atoms in total. The molecule has 4 rings (SSSR count). The molecule has 0 aromatic heterocycles. The van der Waals surface area contributed by atoms with E-state index in [0.29, 0.717) is 5.75 Å². The molecule has 0 radical (unpaired) electrons. The molecule has 5 atom stereocenters. The van der Waals surface area contributed by atoms with E-state index in [0.717, 1.165) is 24.1 Å². The predicted molar refractivity (Wildman–Crippen MR) is 121 cm³/mol. The largest absolute Gasteiger partial charge is 0.477 e. The first kappa shape index (κ1) is 20.8. The van der Waals surface area contributed by atoms with Crippen molar-refractivity contribution in [3.63, 3.8) is 0 Å². The van der Waals surface area contributed by atoms with Gasteiger partial charge in [0, 0.05) is 0 Å². The third-order valence-corrected chi connectivity index (χ3v) is 7.22. The van der Waals surface area contributed by atoms with E-state index in [4.69, 9.17) is 9.47 Å². The summed E-state index contributed by atoms with van der Waals surface area (Å²) in [4.78, 5) is 37.0. The molecule has 152 valence electrons. The van der Waals surface area contributed by atoms with Gasteiger partial charge in [0.1, 0.15) is 5.75 Å². The SMILES string of the molecule is COC(=O)[C@@H](C)Oc1c(I)cc(C=NN2C(=O)[C@@H]3[C@H](C2=O)[C@H]2C=C[C@H]3C2)cc1I. The van der Waals surface area contributed by atoms with Crippen molar-refractivity contribution >= 4 is 69.2 Å². The molecular weight excluding hydrogens is 602 g/mol. The van der Waals surface area contributed by atoms with Gasteiger partial charge in [0.25, 0.3) is 11.8 Å². The Labute approximate surface area is 195 Å². The lowest BCUT2D eigenvalue weighted by atomic mass is 9.85. The average molecular weight is 620 g/mol. The Morgan fingerprint density at radius 1 is 1.17 bits per heavy atom. The smallest absolute Gasteiger partial charge is 0.346 e. The van der Waals surface area contributed by atoms with Crippen molar-refractivity contribution < 1.29 is 23.9 Å². The van der Waals surface area contributed by atoms with Crippen LogP contribution in [0.15, 0.2) is 29.4 Å². The summed E-state index contributed by atoms with van der Waals surface area (Å²) >= 11 is 4.23. The van der Waals surface area contributed by atoms with Crippen LogP contribution in [0.4, 0.5) is 0 Å². The Hall–Kier alpha value is -1.50. The molecule has 1 aromatic rings. The van der Waals surface area contributed by atoms with Gasteiger partial charge in [-0.1, -0.05) is 12.2 Å². The van der Waals surface area contributed by atoms with Crippen LogP contribution in [0.5, 0.6) is 5.75 Å². The minimum absolute atomic E-state index is 0.164. The van der Waals surface area contributed by atoms with Gasteiger partial charge >= 0.3 is 5.97 Å². The Kier molecular flexibility index (Phi) is 5.70. The number of methoxy groups -OCH3 is 1. The molecule has 3 aliphatic rings. The zero-order valence-electron chi connectivity index (χ0n) is 15.7. The summed E-state index contributed by atoms with van der Waals surface area (Å²) in [5, 5.41) is 5.24. The Morgan fingerprint density at radius 3 is 2.24 bits per heavy atom. The first-order valence-electron chi connectivity index (χ1n) is 9.15. The van der Waals surface area contributed by atoms with Gasteiger partial charge in [-0.3, -0.25) is 9.59 Å². The third-order valence-electron chi connectivity index (χ3n) is 5.62. The zero-order chi connectivity index (χ0) is 20.9. The number of hydrazone groups is 1. The van der Waals surface area contributed by atoms with E-state index < -0.39 is 12.1 Å². The summed E-state index contributed by atoms with van der Waals surface area (Å²) in [6.07, 6.45) is 5.80. The Morgan fingerprint density at radius 2 is 1.72 bits per heavy atom. The van der Waals surface area contributed by atoms with Crippen LogP contribution < -0.4 is 4.74 Å². The number of hydrogen-bond acceptors (Lipinski definition) is 6. The van der Waals surface area contributed by atoms with E-state index in [1.54, 1.807) is 6.92 Å². The van der Waals surface area contributed by atoms with Crippen molar-refractivity contribution in [1.29, 1.82) is 0 Å². The van der Waals surface area contributed by atoms with Crippen molar-refractivity contribution in [2.24, 2.45) is 28.8 Å². The normalized spacial score (nSPS) is 28.3. The molecule has 0 N–H and O–H groups in total. The number of halogens is 2. The second-order valence-corrected chi connectivity index (χ2v) is 9.65. The van der Waals surface area contributed by atoms with Crippen LogP contribution in [0.2, 0.25) is 0 Å². The van der Waals surface area contributed by atoms with Crippen molar-refractivity contribution in [3.05, 3.63) is 37.0 Å². The molecule has 1 saturated heterocycles. The van der Waals surface area contributed by atoms with Gasteiger partial charge in [-0.15, -0.1) is 0 Å². The van der Waals surface area contributed by atoms with Crippen LogP contribution in [0.1, 0.15) is 18.9 Å². The van der Waals surface area contributed by atoms with Crippen LogP contribution in [0.25, 0.3) is 0 Å². The number of fused-ring (bicyclic) bond motifs is 5. The number of benzene rings is 1. The van der Waals surface area contributed by atoms with E-state index >= 15 is 0 Å². The van der Waals surface area contributed by atoms with E-state index in [2.05, 4.69) is 62.4 Å². The molecule has 2 bridgehead atoms. The van der Waals surface area contributed by atoms with E-state index in [-0.39, 0.29) is 35.5 Å². The predicted octanol–water partition coefficient (Wildman–Crippen LogP) is 2.98. The minimum Gasteiger partial charge on any atom is -0.477 e. The summed E-state index contributed by atoms with van der Waals surface area (Å²) in [6.45, 7) is 1.62. The molecule has 1 saturated carbocycles. The van der Waals surface area contributed by atoms with Gasteiger partial charge in [0.2, 0.25) is 0 Å². The molecule has 0 spiro atoms. The number of carbonyl (C=O) groups is 3. The van der Waals surface area contributed by atoms with Crippen LogP contribution >= 0.6 is 45.2 Å². The van der Waals surface area contributed by atoms with Gasteiger partial charge < -0.3 is 9.47 Å². The fraction of sp³-hybridized carbons (Fsp3) is 0.400. The number of amides is 2. The standard InChI is InChI=1S/C20H18I2N2O5/c1-9(20(27)28-2)29-17-13(21)5-10(6-14(17)22)8-23-24-18(25)15-11-3-4-12(7-11)16(15)19(24)26/h3-6,8-9,11-12,15-16H,7H2,1-2H3/t9-,11+,12+,15-,16+/m1/s1. The molecule has 1 heterocycles. The molecular formula is C20H18I2N2O5. The molecule has 1 aromatic carbocycles. The quantitative estimate of drug-likeness (QED) is 0.166. The van der Waals surface area contributed by atoms with Gasteiger partial charge in [-0.25, -0.2) is 4.79 Å². The van der Waals surface area contributed by atoms with Crippen molar-refractivity contribution in [1.82, 2.24) is 5.01 Å². The number of imide groups is 1. The van der Waals surface area contributed by atoms with Crippen molar-refractivity contribution in [3.8, 4) is 5.75 Å². The molecule has 9 heteroatoms. The number of ether oxygens (including phenoxy) is 2. The summed E-state index contributed by atoms with van der Waals surface area (Å²) < 4.78 is 12.0. The van der Waals surface area contributed by atoms with Crippen LogP contribution in [0.3, 0.4) is 0 Å². The van der Waals surface area contributed by atoms with Crippen molar-refractivity contribution in [2.75, 3.05) is 7.11 Å². The summed E-state index contributed by atoms with van der Waals surface area (Å²) in [5.41, 5.74) is 0.732. The maximum atomic E-state index is 12.7. The van der Waals surface area contributed by atoms with Gasteiger partial charge in [-0.05, 0) is 88.1 Å². The van der Waals surface area contributed by atoms with Gasteiger partial charge in [-0.2, -0.15) is 10.1 Å². The van der Waals surface area contributed by atoms with E-state index in [1.807, 2.05) is 12.1 Å². The van der Waals surface area contributed by atoms with Gasteiger partial charge in [0.05, 0.1) is 32.3 Å². The van der Waals surface area contributed by atoms with Crippen LogP contribution in [-0.4, -0.2) is 42.2 Å². The molecule has 2 amide bonds. The molecule has 29 heavy (non-hydrogen) atoms. The number of rotatable bonds is 5. The number of esters is 1. The van der Waals surface area contributed by atoms with Crippen molar-refractivity contribution in [2.45, 2.75) is 19.4 Å². The van der Waals surface area contributed by atoms with Gasteiger partial charge in [0.15, 0.2) is 6.10 Å². The number of carbonyl (C=O) groups excluding carboxylic acids is 3. The molecule has 2 fully saturated rings. The fourth-order valence-corrected chi connectivity index (χ4v) is 6.35.